The molecule has 0 saturated carbocycles. The van der Waals surface area contributed by atoms with E-state index in [9.17, 15) is 4.79 Å². The van der Waals surface area contributed by atoms with E-state index in [1.807, 2.05) is 60.7 Å². The smallest absolute Gasteiger partial charge is 0.255 e. The van der Waals surface area contributed by atoms with Crippen molar-refractivity contribution in [1.82, 2.24) is 0 Å². The van der Waals surface area contributed by atoms with Gasteiger partial charge in [-0.2, -0.15) is 0 Å². The normalized spacial score (nSPS) is 10.3. The maximum absolute atomic E-state index is 12.2. The third kappa shape index (κ3) is 4.01. The fourth-order valence-corrected chi connectivity index (χ4v) is 2.58. The van der Waals surface area contributed by atoms with E-state index in [0.717, 1.165) is 21.3 Å². The second-order valence-electron chi connectivity index (χ2n) is 5.05. The standard InChI is InChI=1S/C19H13BrClNO/c20-16-7-1-15(2-8-16)19(23)22-18-11-5-14(6-12-18)13-3-9-17(21)10-4-13/h1-12H,(H,22,23). The van der Waals surface area contributed by atoms with Crippen LogP contribution in [0.5, 0.6) is 0 Å². The first-order valence-electron chi connectivity index (χ1n) is 7.05. The van der Waals surface area contributed by atoms with Crippen molar-refractivity contribution in [2.75, 3.05) is 5.32 Å². The van der Waals surface area contributed by atoms with Gasteiger partial charge in [-0.25, -0.2) is 0 Å². The van der Waals surface area contributed by atoms with E-state index in [1.165, 1.54) is 0 Å². The Morgan fingerprint density at radius 3 is 1.87 bits per heavy atom. The highest BCUT2D eigenvalue weighted by Crippen LogP contribution is 2.23. The van der Waals surface area contributed by atoms with Gasteiger partial charge in [-0.3, -0.25) is 4.79 Å². The summed E-state index contributed by atoms with van der Waals surface area (Å²) in [5.74, 6) is -0.128. The summed E-state index contributed by atoms with van der Waals surface area (Å²) in [6.45, 7) is 0. The van der Waals surface area contributed by atoms with E-state index in [0.29, 0.717) is 10.6 Å². The second kappa shape index (κ2) is 6.99. The molecule has 0 spiro atoms. The van der Waals surface area contributed by atoms with E-state index >= 15 is 0 Å². The van der Waals surface area contributed by atoms with Crippen LogP contribution >= 0.6 is 27.5 Å². The summed E-state index contributed by atoms with van der Waals surface area (Å²) in [7, 11) is 0. The molecule has 2 nitrogen and oxygen atoms in total. The molecule has 3 rings (SSSR count). The topological polar surface area (TPSA) is 29.1 Å². The van der Waals surface area contributed by atoms with Gasteiger partial charge in [-0.1, -0.05) is 51.8 Å². The predicted molar refractivity (Wildman–Crippen MR) is 99.0 cm³/mol. The number of carbonyl (C=O) groups excluding carboxylic acids is 1. The van der Waals surface area contributed by atoms with Crippen molar-refractivity contribution >= 4 is 39.1 Å². The van der Waals surface area contributed by atoms with Gasteiger partial charge >= 0.3 is 0 Å². The van der Waals surface area contributed by atoms with Gasteiger partial charge in [0.1, 0.15) is 0 Å². The third-order valence-electron chi connectivity index (χ3n) is 3.43. The second-order valence-corrected chi connectivity index (χ2v) is 6.40. The van der Waals surface area contributed by atoms with Crippen molar-refractivity contribution in [2.24, 2.45) is 0 Å². The van der Waals surface area contributed by atoms with E-state index in [1.54, 1.807) is 12.1 Å². The molecule has 0 fully saturated rings. The van der Waals surface area contributed by atoms with Gasteiger partial charge in [-0.05, 0) is 59.7 Å². The Kier molecular flexibility index (Phi) is 4.79. The number of anilines is 1. The van der Waals surface area contributed by atoms with Crippen LogP contribution in [0.1, 0.15) is 10.4 Å². The first kappa shape index (κ1) is 15.8. The van der Waals surface area contributed by atoms with Gasteiger partial charge in [0.15, 0.2) is 0 Å². The molecule has 3 aromatic carbocycles. The van der Waals surface area contributed by atoms with Crippen LogP contribution in [-0.2, 0) is 0 Å². The lowest BCUT2D eigenvalue weighted by molar-refractivity contribution is 0.102. The van der Waals surface area contributed by atoms with Gasteiger partial charge in [0.25, 0.3) is 5.91 Å². The van der Waals surface area contributed by atoms with Crippen molar-refractivity contribution in [3.05, 3.63) is 87.9 Å². The van der Waals surface area contributed by atoms with Crippen LogP contribution in [0.15, 0.2) is 77.3 Å². The third-order valence-corrected chi connectivity index (χ3v) is 4.21. The van der Waals surface area contributed by atoms with Gasteiger partial charge < -0.3 is 5.32 Å². The summed E-state index contributed by atoms with van der Waals surface area (Å²) in [5, 5.41) is 3.61. The first-order valence-corrected chi connectivity index (χ1v) is 8.22. The number of nitrogens with one attached hydrogen (secondary N) is 1. The molecule has 1 amide bonds. The minimum absolute atomic E-state index is 0.128. The highest BCUT2D eigenvalue weighted by molar-refractivity contribution is 9.10. The molecule has 0 bridgehead atoms. The average Bonchev–Trinajstić information content (AvgIpc) is 2.57. The van der Waals surface area contributed by atoms with Crippen molar-refractivity contribution in [2.45, 2.75) is 0 Å². The summed E-state index contributed by atoms with van der Waals surface area (Å²) < 4.78 is 0.946. The lowest BCUT2D eigenvalue weighted by Gasteiger charge is -2.07. The van der Waals surface area contributed by atoms with Crippen LogP contribution in [0, 0.1) is 0 Å². The maximum atomic E-state index is 12.2. The lowest BCUT2D eigenvalue weighted by Crippen LogP contribution is -2.11. The fourth-order valence-electron chi connectivity index (χ4n) is 2.19. The molecular weight excluding hydrogens is 374 g/mol. The molecule has 1 N–H and O–H groups in total. The molecule has 0 unspecified atom stereocenters. The molecular formula is C19H13BrClNO. The van der Waals surface area contributed by atoms with Gasteiger partial charge in [0.05, 0.1) is 0 Å². The molecule has 0 heterocycles. The summed E-state index contributed by atoms with van der Waals surface area (Å²) >= 11 is 9.26. The highest BCUT2D eigenvalue weighted by atomic mass is 79.9. The largest absolute Gasteiger partial charge is 0.322 e. The molecule has 0 radical (unpaired) electrons. The average molecular weight is 387 g/mol. The molecule has 4 heteroatoms. The number of benzene rings is 3. The van der Waals surface area contributed by atoms with Crippen LogP contribution in [-0.4, -0.2) is 5.91 Å². The van der Waals surface area contributed by atoms with Crippen LogP contribution in [0.3, 0.4) is 0 Å². The number of hydrogen-bond donors (Lipinski definition) is 1. The van der Waals surface area contributed by atoms with Gasteiger partial charge in [0.2, 0.25) is 0 Å². The van der Waals surface area contributed by atoms with Gasteiger partial charge in [-0.15, -0.1) is 0 Å². The zero-order chi connectivity index (χ0) is 16.2. The minimum atomic E-state index is -0.128. The highest BCUT2D eigenvalue weighted by Gasteiger charge is 2.06. The summed E-state index contributed by atoms with van der Waals surface area (Å²) in [4.78, 5) is 12.2. The van der Waals surface area contributed by atoms with E-state index < -0.39 is 0 Å². The summed E-state index contributed by atoms with van der Waals surface area (Å²) in [6, 6.07) is 22.6. The molecule has 0 aliphatic heterocycles. The van der Waals surface area contributed by atoms with Crippen molar-refractivity contribution in [3.63, 3.8) is 0 Å². The minimum Gasteiger partial charge on any atom is -0.322 e. The Morgan fingerprint density at radius 2 is 1.30 bits per heavy atom. The van der Waals surface area contributed by atoms with E-state index in [-0.39, 0.29) is 5.91 Å². The number of carbonyl (C=O) groups is 1. The molecule has 114 valence electrons. The Bertz CT molecular complexity index is 811. The zero-order valence-corrected chi connectivity index (χ0v) is 14.4. The molecule has 23 heavy (non-hydrogen) atoms. The van der Waals surface area contributed by atoms with Crippen molar-refractivity contribution in [1.29, 1.82) is 0 Å². The maximum Gasteiger partial charge on any atom is 0.255 e. The summed E-state index contributed by atoms with van der Waals surface area (Å²) in [5.41, 5.74) is 3.54. The van der Waals surface area contributed by atoms with E-state index in [2.05, 4.69) is 21.2 Å². The molecule has 0 saturated heterocycles. The Hall–Kier alpha value is -2.10. The molecule has 0 atom stereocenters. The van der Waals surface area contributed by atoms with Crippen LogP contribution in [0.2, 0.25) is 5.02 Å². The molecule has 0 aliphatic carbocycles. The Balaban J connectivity index is 1.73. The summed E-state index contributed by atoms with van der Waals surface area (Å²) in [6.07, 6.45) is 0. The SMILES string of the molecule is O=C(Nc1ccc(-c2ccc(Cl)cc2)cc1)c1ccc(Br)cc1. The number of halogens is 2. The first-order chi connectivity index (χ1) is 11.1. The quantitative estimate of drug-likeness (QED) is 0.585. The number of rotatable bonds is 3. The van der Waals surface area contributed by atoms with Gasteiger partial charge in [0, 0.05) is 20.7 Å². The Morgan fingerprint density at radius 1 is 0.783 bits per heavy atom. The Labute approximate surface area is 148 Å². The van der Waals surface area contributed by atoms with Crippen molar-refractivity contribution < 1.29 is 4.79 Å². The molecule has 3 aromatic rings. The molecule has 0 aromatic heterocycles. The number of amides is 1. The van der Waals surface area contributed by atoms with Crippen molar-refractivity contribution in [3.8, 4) is 11.1 Å². The lowest BCUT2D eigenvalue weighted by atomic mass is 10.1. The molecule has 0 aliphatic rings. The van der Waals surface area contributed by atoms with E-state index in [4.69, 9.17) is 11.6 Å². The van der Waals surface area contributed by atoms with Crippen LogP contribution in [0.25, 0.3) is 11.1 Å². The van der Waals surface area contributed by atoms with Crippen LogP contribution in [0.4, 0.5) is 5.69 Å². The van der Waals surface area contributed by atoms with Crippen LogP contribution < -0.4 is 5.32 Å². The zero-order valence-electron chi connectivity index (χ0n) is 12.1. The fraction of sp³-hybridized carbons (Fsp3) is 0. The predicted octanol–water partition coefficient (Wildman–Crippen LogP) is 6.02. The number of hydrogen-bond acceptors (Lipinski definition) is 1. The monoisotopic (exact) mass is 385 g/mol.